The van der Waals surface area contributed by atoms with Crippen LogP contribution in [0.15, 0.2) is 48.7 Å². The van der Waals surface area contributed by atoms with E-state index >= 15 is 0 Å². The lowest BCUT2D eigenvalue weighted by Gasteiger charge is -2.34. The van der Waals surface area contributed by atoms with Crippen LogP contribution in [0, 0.1) is 0 Å². The molecule has 1 aromatic carbocycles. The number of hydrogen-bond acceptors (Lipinski definition) is 6. The third kappa shape index (κ3) is 3.10. The van der Waals surface area contributed by atoms with Crippen LogP contribution in [0.25, 0.3) is 11.3 Å². The predicted molar refractivity (Wildman–Crippen MR) is 84.6 cm³/mol. The van der Waals surface area contributed by atoms with Crippen LogP contribution in [0.4, 0.5) is 0 Å². The molecular formula is C16H17NO4S. The van der Waals surface area contributed by atoms with Crippen molar-refractivity contribution in [3.63, 3.8) is 0 Å². The van der Waals surface area contributed by atoms with E-state index in [9.17, 15) is 15.3 Å². The minimum atomic E-state index is -1.21. The molecule has 1 fully saturated rings. The molecule has 0 unspecified atom stereocenters. The van der Waals surface area contributed by atoms with Gasteiger partial charge in [-0.2, -0.15) is 0 Å². The smallest absolute Gasteiger partial charge is 0.173 e. The van der Waals surface area contributed by atoms with Crippen LogP contribution < -0.4 is 4.74 Å². The first-order chi connectivity index (χ1) is 10.7. The van der Waals surface area contributed by atoms with Gasteiger partial charge in [0.1, 0.15) is 23.7 Å². The summed E-state index contributed by atoms with van der Waals surface area (Å²) in [6.45, 7) is 0. The summed E-state index contributed by atoms with van der Waals surface area (Å²) in [5.41, 5.74) is 0.940. The standard InChI is InChI=1S/C16H17NO4S/c18-11-9-22-16(15(20)14(11)19)21-12-7-4-8-17-13(12)10-5-2-1-3-6-10/h1-8,11,14-16,18-20H,9H2/t11-,14+,15-,16-/m1/s1. The van der Waals surface area contributed by atoms with E-state index in [1.165, 1.54) is 11.8 Å². The van der Waals surface area contributed by atoms with E-state index in [2.05, 4.69) is 4.98 Å². The molecular weight excluding hydrogens is 302 g/mol. The molecule has 0 radical (unpaired) electrons. The number of aromatic nitrogens is 1. The van der Waals surface area contributed by atoms with Crippen molar-refractivity contribution in [3.05, 3.63) is 48.7 Å². The van der Waals surface area contributed by atoms with Gasteiger partial charge in [-0.25, -0.2) is 0 Å². The van der Waals surface area contributed by atoms with Gasteiger partial charge in [-0.1, -0.05) is 30.3 Å². The highest BCUT2D eigenvalue weighted by Crippen LogP contribution is 2.33. The second-order valence-electron chi connectivity index (χ2n) is 5.08. The largest absolute Gasteiger partial charge is 0.475 e. The number of aliphatic hydroxyl groups is 3. The minimum Gasteiger partial charge on any atom is -0.475 e. The summed E-state index contributed by atoms with van der Waals surface area (Å²) < 4.78 is 5.85. The Labute approximate surface area is 132 Å². The molecule has 6 heteroatoms. The van der Waals surface area contributed by atoms with Crippen LogP contribution in [0.2, 0.25) is 0 Å². The van der Waals surface area contributed by atoms with E-state index in [-0.39, 0.29) is 0 Å². The maximum atomic E-state index is 10.1. The Morgan fingerprint density at radius 3 is 2.55 bits per heavy atom. The Morgan fingerprint density at radius 1 is 1.00 bits per heavy atom. The van der Waals surface area contributed by atoms with E-state index in [1.54, 1.807) is 18.3 Å². The van der Waals surface area contributed by atoms with Crippen LogP contribution in [0.3, 0.4) is 0 Å². The Bertz CT molecular complexity index is 625. The second kappa shape index (κ2) is 6.66. The molecule has 1 saturated heterocycles. The molecule has 0 bridgehead atoms. The fourth-order valence-corrected chi connectivity index (χ4v) is 3.42. The zero-order chi connectivity index (χ0) is 15.5. The summed E-state index contributed by atoms with van der Waals surface area (Å²) in [4.78, 5) is 4.35. The molecule has 0 saturated carbocycles. The summed E-state index contributed by atoms with van der Waals surface area (Å²) in [5.74, 6) is 0.845. The van der Waals surface area contributed by atoms with Crippen LogP contribution >= 0.6 is 11.8 Å². The molecule has 5 nitrogen and oxygen atoms in total. The van der Waals surface area contributed by atoms with E-state index in [1.807, 2.05) is 30.3 Å². The number of aliphatic hydroxyl groups excluding tert-OH is 3. The Kier molecular flexibility index (Phi) is 4.63. The predicted octanol–water partition coefficient (Wildman–Crippen LogP) is 1.28. The Balaban J connectivity index is 1.84. The number of thioether (sulfide) groups is 1. The average molecular weight is 319 g/mol. The lowest BCUT2D eigenvalue weighted by molar-refractivity contribution is -0.0785. The van der Waals surface area contributed by atoms with Gasteiger partial charge < -0.3 is 20.1 Å². The van der Waals surface area contributed by atoms with Gasteiger partial charge in [-0.05, 0) is 12.1 Å². The molecule has 0 aliphatic carbocycles. The van der Waals surface area contributed by atoms with Crippen LogP contribution in [-0.4, -0.2) is 49.8 Å². The van der Waals surface area contributed by atoms with E-state index < -0.39 is 23.7 Å². The number of ether oxygens (including phenoxy) is 1. The number of pyridine rings is 1. The fourth-order valence-electron chi connectivity index (χ4n) is 2.31. The number of nitrogens with zero attached hydrogens (tertiary/aromatic N) is 1. The van der Waals surface area contributed by atoms with Gasteiger partial charge in [-0.15, -0.1) is 11.8 Å². The first-order valence-corrected chi connectivity index (χ1v) is 8.04. The van der Waals surface area contributed by atoms with Gasteiger partial charge in [0.2, 0.25) is 0 Å². The van der Waals surface area contributed by atoms with E-state index in [4.69, 9.17) is 4.74 Å². The SMILES string of the molecule is O[C@@H]1[C@@H](O)[C@H](Oc2cccnc2-c2ccccc2)SC[C@H]1O. The molecule has 2 heterocycles. The van der Waals surface area contributed by atoms with E-state index in [0.29, 0.717) is 17.2 Å². The quantitative estimate of drug-likeness (QED) is 0.791. The summed E-state index contributed by atoms with van der Waals surface area (Å²) in [6.07, 6.45) is -1.62. The van der Waals surface area contributed by atoms with Crippen molar-refractivity contribution >= 4 is 11.8 Å². The number of hydrogen-bond donors (Lipinski definition) is 3. The summed E-state index contributed by atoms with van der Waals surface area (Å²) in [6, 6.07) is 13.1. The molecule has 1 aliphatic heterocycles. The average Bonchev–Trinajstić information content (AvgIpc) is 2.57. The topological polar surface area (TPSA) is 82.8 Å². The molecule has 22 heavy (non-hydrogen) atoms. The lowest BCUT2D eigenvalue weighted by Crippen LogP contribution is -2.50. The van der Waals surface area contributed by atoms with Crippen molar-refractivity contribution in [1.29, 1.82) is 0 Å². The van der Waals surface area contributed by atoms with Crippen LogP contribution in [0.5, 0.6) is 5.75 Å². The van der Waals surface area contributed by atoms with Crippen molar-refractivity contribution in [2.45, 2.75) is 23.7 Å². The van der Waals surface area contributed by atoms with Crippen molar-refractivity contribution in [3.8, 4) is 17.0 Å². The minimum absolute atomic E-state index is 0.309. The Morgan fingerprint density at radius 2 is 1.77 bits per heavy atom. The van der Waals surface area contributed by atoms with Crippen molar-refractivity contribution in [2.24, 2.45) is 0 Å². The highest BCUT2D eigenvalue weighted by Gasteiger charge is 2.38. The van der Waals surface area contributed by atoms with Gasteiger partial charge in [-0.3, -0.25) is 4.98 Å². The summed E-state index contributed by atoms with van der Waals surface area (Å²) in [7, 11) is 0. The zero-order valence-corrected chi connectivity index (χ0v) is 12.6. The molecule has 4 atom stereocenters. The molecule has 2 aromatic rings. The maximum absolute atomic E-state index is 10.1. The van der Waals surface area contributed by atoms with Crippen molar-refractivity contribution < 1.29 is 20.1 Å². The number of benzene rings is 1. The normalized spacial score (nSPS) is 28.3. The molecule has 3 N–H and O–H groups in total. The highest BCUT2D eigenvalue weighted by molar-refractivity contribution is 7.99. The molecule has 1 aromatic heterocycles. The summed E-state index contributed by atoms with van der Waals surface area (Å²) >= 11 is 1.27. The highest BCUT2D eigenvalue weighted by atomic mass is 32.2. The van der Waals surface area contributed by atoms with Gasteiger partial charge in [0, 0.05) is 17.5 Å². The Hall–Kier alpha value is -1.60. The van der Waals surface area contributed by atoms with Gasteiger partial charge in [0.25, 0.3) is 0 Å². The fraction of sp³-hybridized carbons (Fsp3) is 0.312. The monoisotopic (exact) mass is 319 g/mol. The molecule has 1 aliphatic rings. The van der Waals surface area contributed by atoms with Crippen molar-refractivity contribution in [2.75, 3.05) is 5.75 Å². The summed E-state index contributed by atoms with van der Waals surface area (Å²) in [5, 5.41) is 29.4. The zero-order valence-electron chi connectivity index (χ0n) is 11.7. The van der Waals surface area contributed by atoms with Gasteiger partial charge in [0.15, 0.2) is 5.44 Å². The maximum Gasteiger partial charge on any atom is 0.173 e. The third-order valence-electron chi connectivity index (χ3n) is 3.52. The molecule has 3 rings (SSSR count). The van der Waals surface area contributed by atoms with Crippen molar-refractivity contribution in [1.82, 2.24) is 4.98 Å². The van der Waals surface area contributed by atoms with E-state index in [0.717, 1.165) is 5.56 Å². The molecule has 0 amide bonds. The first kappa shape index (κ1) is 15.3. The van der Waals surface area contributed by atoms with Crippen LogP contribution in [-0.2, 0) is 0 Å². The number of rotatable bonds is 3. The second-order valence-corrected chi connectivity index (χ2v) is 6.22. The first-order valence-electron chi connectivity index (χ1n) is 6.99. The van der Waals surface area contributed by atoms with Crippen LogP contribution in [0.1, 0.15) is 0 Å². The molecule has 0 spiro atoms. The van der Waals surface area contributed by atoms with Gasteiger partial charge >= 0.3 is 0 Å². The van der Waals surface area contributed by atoms with Gasteiger partial charge in [0.05, 0.1) is 6.10 Å². The lowest BCUT2D eigenvalue weighted by atomic mass is 10.1. The molecule has 116 valence electrons. The third-order valence-corrected chi connectivity index (χ3v) is 4.75.